The second-order valence-electron chi connectivity index (χ2n) is 12.3. The molecule has 2 aromatic carbocycles. The number of allylic oxidation sites excluding steroid dienone is 7. The highest BCUT2D eigenvalue weighted by Gasteiger charge is 2.43. The van der Waals surface area contributed by atoms with Gasteiger partial charge in [0.2, 0.25) is 0 Å². The van der Waals surface area contributed by atoms with Crippen LogP contribution in [0.2, 0.25) is 0 Å². The largest absolute Gasteiger partial charge is 0.367 e. The van der Waals surface area contributed by atoms with Gasteiger partial charge in [-0.05, 0) is 104 Å². The molecule has 0 fully saturated rings. The fourth-order valence-electron chi connectivity index (χ4n) is 6.92. The minimum Gasteiger partial charge on any atom is -0.367 e. The Labute approximate surface area is 226 Å². The van der Waals surface area contributed by atoms with Gasteiger partial charge in [-0.25, -0.2) is 0 Å². The maximum Gasteiger partial charge on any atom is 0.0565 e. The van der Waals surface area contributed by atoms with Gasteiger partial charge in [-0.3, -0.25) is 0 Å². The van der Waals surface area contributed by atoms with E-state index >= 15 is 0 Å². The van der Waals surface area contributed by atoms with Crippen molar-refractivity contribution in [2.45, 2.75) is 86.1 Å². The first-order chi connectivity index (χ1) is 17.2. The molecular formula is C35H46N2. The summed E-state index contributed by atoms with van der Waals surface area (Å²) in [6.07, 6.45) is 15.4. The van der Waals surface area contributed by atoms with Crippen LogP contribution in [0, 0.1) is 41.5 Å². The second-order valence-corrected chi connectivity index (χ2v) is 12.3. The standard InChI is InChI=1S/C35H46N2/c1-22-20-28-32(26(5)24(22)3)34(7,8)30(36(28)11)18-16-14-13-15-17-19-31-35(9,10)33-27(6)25(4)23(2)21-29(33)37(31)12/h13-21,30H,1-12H3/b14-13+,17-15+,18-16+,31-19-. The molecule has 0 radical (unpaired) electrons. The third kappa shape index (κ3) is 4.19. The monoisotopic (exact) mass is 494 g/mol. The molecule has 2 nitrogen and oxygen atoms in total. The minimum absolute atomic E-state index is 0.0108. The van der Waals surface area contributed by atoms with E-state index in [4.69, 9.17) is 0 Å². The fourth-order valence-corrected chi connectivity index (χ4v) is 6.92. The molecule has 2 aromatic rings. The molecule has 0 bridgehead atoms. The van der Waals surface area contributed by atoms with Crippen LogP contribution in [-0.2, 0) is 10.8 Å². The van der Waals surface area contributed by atoms with E-state index in [1.807, 2.05) is 0 Å². The van der Waals surface area contributed by atoms with E-state index in [0.29, 0.717) is 6.04 Å². The van der Waals surface area contributed by atoms with Gasteiger partial charge in [0, 0.05) is 42.0 Å². The van der Waals surface area contributed by atoms with Crippen molar-refractivity contribution in [2.75, 3.05) is 23.9 Å². The summed E-state index contributed by atoms with van der Waals surface area (Å²) in [7, 11) is 4.43. The SMILES string of the molecule is Cc1cc2c(c(C)c1C)C(C)(C)/C(=C/C=C/C=C/C=C/C1N(C)c3cc(C)c(C)c(C)c3C1(C)C)N2C. The van der Waals surface area contributed by atoms with E-state index in [0.717, 1.165) is 0 Å². The van der Waals surface area contributed by atoms with E-state index in [1.54, 1.807) is 0 Å². The molecule has 0 aromatic heterocycles. The van der Waals surface area contributed by atoms with Crippen molar-refractivity contribution in [1.29, 1.82) is 0 Å². The quantitative estimate of drug-likeness (QED) is 0.393. The molecule has 0 aliphatic carbocycles. The Hall–Kier alpha value is -3.00. The Morgan fingerprint density at radius 1 is 0.649 bits per heavy atom. The van der Waals surface area contributed by atoms with E-state index in [2.05, 4.69) is 148 Å². The summed E-state index contributed by atoms with van der Waals surface area (Å²) in [5, 5.41) is 0. The van der Waals surface area contributed by atoms with Crippen LogP contribution < -0.4 is 9.80 Å². The van der Waals surface area contributed by atoms with Crippen LogP contribution >= 0.6 is 0 Å². The fraction of sp³-hybridized carbons (Fsp3) is 0.429. The lowest BCUT2D eigenvalue weighted by molar-refractivity contribution is 0.485. The van der Waals surface area contributed by atoms with Crippen LogP contribution in [0.25, 0.3) is 0 Å². The average molecular weight is 495 g/mol. The van der Waals surface area contributed by atoms with Gasteiger partial charge in [0.1, 0.15) is 0 Å². The number of nitrogens with zero attached hydrogens (tertiary/aromatic N) is 2. The van der Waals surface area contributed by atoms with Crippen LogP contribution in [0.3, 0.4) is 0 Å². The number of fused-ring (bicyclic) bond motifs is 2. The third-order valence-electron chi connectivity index (χ3n) is 9.44. The third-order valence-corrected chi connectivity index (χ3v) is 9.44. The molecule has 2 heterocycles. The highest BCUT2D eigenvalue weighted by molar-refractivity contribution is 5.74. The van der Waals surface area contributed by atoms with Gasteiger partial charge in [0.15, 0.2) is 0 Å². The zero-order valence-corrected chi connectivity index (χ0v) is 25.2. The molecule has 0 saturated carbocycles. The van der Waals surface area contributed by atoms with Crippen LogP contribution in [-0.4, -0.2) is 20.1 Å². The predicted octanol–water partition coefficient (Wildman–Crippen LogP) is 8.61. The van der Waals surface area contributed by atoms with Crippen LogP contribution in [0.5, 0.6) is 0 Å². The lowest BCUT2D eigenvalue weighted by Gasteiger charge is -2.30. The molecule has 2 aliphatic heterocycles. The van der Waals surface area contributed by atoms with Crippen molar-refractivity contribution < 1.29 is 0 Å². The summed E-state index contributed by atoms with van der Waals surface area (Å²) < 4.78 is 0. The van der Waals surface area contributed by atoms with Crippen LogP contribution in [0.4, 0.5) is 11.4 Å². The predicted molar refractivity (Wildman–Crippen MR) is 163 cm³/mol. The molecule has 2 aliphatic rings. The van der Waals surface area contributed by atoms with Crippen molar-refractivity contribution in [3.63, 3.8) is 0 Å². The van der Waals surface area contributed by atoms with Crippen molar-refractivity contribution in [3.8, 4) is 0 Å². The molecule has 196 valence electrons. The molecule has 0 N–H and O–H groups in total. The first-order valence-corrected chi connectivity index (χ1v) is 13.6. The molecule has 1 unspecified atom stereocenters. The van der Waals surface area contributed by atoms with Gasteiger partial charge >= 0.3 is 0 Å². The first-order valence-electron chi connectivity index (χ1n) is 13.6. The van der Waals surface area contributed by atoms with Crippen molar-refractivity contribution >= 4 is 11.4 Å². The van der Waals surface area contributed by atoms with Crippen LogP contribution in [0.15, 0.2) is 60.4 Å². The lowest BCUT2D eigenvalue weighted by Crippen LogP contribution is -2.37. The summed E-state index contributed by atoms with van der Waals surface area (Å²) in [5.41, 5.74) is 15.5. The summed E-state index contributed by atoms with van der Waals surface area (Å²) in [6.45, 7) is 22.9. The van der Waals surface area contributed by atoms with Gasteiger partial charge < -0.3 is 9.80 Å². The number of anilines is 2. The van der Waals surface area contributed by atoms with Crippen molar-refractivity contribution in [1.82, 2.24) is 0 Å². The summed E-state index contributed by atoms with van der Waals surface area (Å²) in [6, 6.07) is 5.04. The molecule has 1 atom stereocenters. The van der Waals surface area contributed by atoms with Crippen molar-refractivity contribution in [2.24, 2.45) is 0 Å². The molecule has 4 rings (SSSR count). The van der Waals surface area contributed by atoms with Crippen molar-refractivity contribution in [3.05, 3.63) is 105 Å². The smallest absolute Gasteiger partial charge is 0.0565 e. The maximum atomic E-state index is 2.44. The van der Waals surface area contributed by atoms with Gasteiger partial charge in [-0.15, -0.1) is 0 Å². The summed E-state index contributed by atoms with van der Waals surface area (Å²) in [4.78, 5) is 4.81. The van der Waals surface area contributed by atoms with Gasteiger partial charge in [0.05, 0.1) is 6.04 Å². The van der Waals surface area contributed by atoms with Crippen LogP contribution in [0.1, 0.15) is 72.2 Å². The molecular weight excluding hydrogens is 448 g/mol. The van der Waals surface area contributed by atoms with E-state index in [-0.39, 0.29) is 10.8 Å². The minimum atomic E-state index is -0.0108. The zero-order valence-electron chi connectivity index (χ0n) is 25.2. The van der Waals surface area contributed by atoms with Gasteiger partial charge in [0.25, 0.3) is 0 Å². The molecule has 0 spiro atoms. The lowest BCUT2D eigenvalue weighted by atomic mass is 9.77. The number of aryl methyl sites for hydroxylation is 2. The number of rotatable bonds is 4. The molecule has 0 saturated heterocycles. The normalized spacial score (nSPS) is 21.3. The number of hydrogen-bond donors (Lipinski definition) is 0. The van der Waals surface area contributed by atoms with E-state index < -0.39 is 0 Å². The number of benzene rings is 2. The Morgan fingerprint density at radius 2 is 1.16 bits per heavy atom. The highest BCUT2D eigenvalue weighted by Crippen LogP contribution is 2.50. The Bertz CT molecular complexity index is 1360. The molecule has 0 amide bonds. The Kier molecular flexibility index (Phi) is 6.86. The topological polar surface area (TPSA) is 6.48 Å². The van der Waals surface area contributed by atoms with Gasteiger partial charge in [-0.1, -0.05) is 64.2 Å². The molecule has 37 heavy (non-hydrogen) atoms. The van der Waals surface area contributed by atoms with E-state index in [9.17, 15) is 0 Å². The number of likely N-dealkylation sites (N-methyl/N-ethyl adjacent to an activating group) is 2. The summed E-state index contributed by atoms with van der Waals surface area (Å²) >= 11 is 0. The zero-order chi connectivity index (χ0) is 27.4. The first kappa shape index (κ1) is 27.0. The Balaban J connectivity index is 1.50. The summed E-state index contributed by atoms with van der Waals surface area (Å²) in [5.74, 6) is 0. The number of hydrogen-bond acceptors (Lipinski definition) is 2. The molecule has 2 heteroatoms. The highest BCUT2D eigenvalue weighted by atomic mass is 15.2. The van der Waals surface area contributed by atoms with Gasteiger partial charge in [-0.2, -0.15) is 0 Å². The average Bonchev–Trinajstić information content (AvgIpc) is 3.12. The maximum absolute atomic E-state index is 2.44. The Morgan fingerprint density at radius 3 is 1.78 bits per heavy atom. The second kappa shape index (κ2) is 9.39. The van der Waals surface area contributed by atoms with E-state index in [1.165, 1.54) is 61.6 Å².